The van der Waals surface area contributed by atoms with Crippen molar-refractivity contribution in [3.05, 3.63) is 42.1 Å². The number of methoxy groups -OCH3 is 2. The maximum Gasteiger partial charge on any atom is 0.406 e. The summed E-state index contributed by atoms with van der Waals surface area (Å²) < 4.78 is 77.4. The van der Waals surface area contributed by atoms with Crippen LogP contribution >= 0.6 is 10.8 Å². The summed E-state index contributed by atoms with van der Waals surface area (Å²) in [5, 5.41) is 12.4. The van der Waals surface area contributed by atoms with Crippen LogP contribution in [0.4, 0.5) is 24.5 Å². The van der Waals surface area contributed by atoms with Gasteiger partial charge in [-0.15, -0.1) is 10.8 Å². The van der Waals surface area contributed by atoms with Crippen molar-refractivity contribution in [3.63, 3.8) is 0 Å². The molecule has 0 bridgehead atoms. The predicted molar refractivity (Wildman–Crippen MR) is 146 cm³/mol. The molecular weight excluding hydrogens is 537 g/mol. The van der Waals surface area contributed by atoms with E-state index in [0.29, 0.717) is 47.0 Å². The Bertz CT molecular complexity index is 1370. The number of nitrogens with zero attached hydrogens (tertiary/aromatic N) is 1. The highest BCUT2D eigenvalue weighted by Gasteiger charge is 2.30. The summed E-state index contributed by atoms with van der Waals surface area (Å²) in [6, 6.07) is 9.39. The molecule has 4 rings (SSSR count). The first kappa shape index (κ1) is 28.7. The van der Waals surface area contributed by atoms with E-state index in [2.05, 4.69) is 22.5 Å². The second-order valence-electron chi connectivity index (χ2n) is 8.95. The second-order valence-corrected chi connectivity index (χ2v) is 10.6. The topological polar surface area (TPSA) is 123 Å². The molecule has 212 valence electrons. The van der Waals surface area contributed by atoms with Gasteiger partial charge in [-0.05, 0) is 49.1 Å². The molecule has 3 aromatic rings. The largest absolute Gasteiger partial charge is 0.495 e. The Balaban J connectivity index is 1.65. The summed E-state index contributed by atoms with van der Waals surface area (Å²) in [7, 11) is -0.484. The number of ether oxygens (including phenoxy) is 3. The van der Waals surface area contributed by atoms with Crippen molar-refractivity contribution in [3.8, 4) is 23.3 Å². The summed E-state index contributed by atoms with van der Waals surface area (Å²) in [5.74, 6) is 6.57. The van der Waals surface area contributed by atoms with Crippen molar-refractivity contribution in [2.75, 3.05) is 44.6 Å². The van der Waals surface area contributed by atoms with Crippen molar-refractivity contribution in [1.29, 1.82) is 0 Å². The van der Waals surface area contributed by atoms with Gasteiger partial charge in [-0.2, -0.15) is 13.2 Å². The van der Waals surface area contributed by atoms with E-state index < -0.39 is 23.5 Å². The maximum absolute atomic E-state index is 13.6. The van der Waals surface area contributed by atoms with Crippen LogP contribution in [0.3, 0.4) is 0 Å². The Morgan fingerprint density at radius 2 is 1.82 bits per heavy atom. The SMILES string of the molecule is COc1cc(S(N)(O)O)ccc1NCC#Cc1cc2c(NC3CCOCC3)c(OC)ccc2n1CC(F)(F)F. The molecular formula is C26H31F3N4O5S. The number of hydrogen-bond donors (Lipinski definition) is 5. The average molecular weight is 569 g/mol. The van der Waals surface area contributed by atoms with Crippen LogP contribution in [0, 0.1) is 11.8 Å². The van der Waals surface area contributed by atoms with E-state index in [9.17, 15) is 22.3 Å². The van der Waals surface area contributed by atoms with E-state index in [-0.39, 0.29) is 23.2 Å². The third-order valence-electron chi connectivity index (χ3n) is 6.28. The van der Waals surface area contributed by atoms with E-state index in [1.165, 1.54) is 26.4 Å². The van der Waals surface area contributed by atoms with Gasteiger partial charge >= 0.3 is 6.18 Å². The molecule has 2 heterocycles. The van der Waals surface area contributed by atoms with Crippen molar-refractivity contribution in [2.45, 2.75) is 36.5 Å². The lowest BCUT2D eigenvalue weighted by atomic mass is 10.1. The molecule has 0 atom stereocenters. The lowest BCUT2D eigenvalue weighted by Gasteiger charge is -2.26. The fourth-order valence-electron chi connectivity index (χ4n) is 4.41. The molecule has 0 spiro atoms. The number of nitrogens with one attached hydrogen (secondary N) is 2. The number of halogens is 3. The van der Waals surface area contributed by atoms with Gasteiger partial charge in [0.2, 0.25) is 0 Å². The number of fused-ring (bicyclic) bond motifs is 1. The molecule has 1 saturated heterocycles. The average Bonchev–Trinajstić information content (AvgIpc) is 3.22. The van der Waals surface area contributed by atoms with Crippen LogP contribution in [-0.4, -0.2) is 59.9 Å². The quantitative estimate of drug-likeness (QED) is 0.233. The fraction of sp³-hybridized carbons (Fsp3) is 0.385. The van der Waals surface area contributed by atoms with E-state index in [1.54, 1.807) is 24.3 Å². The minimum Gasteiger partial charge on any atom is -0.495 e. The molecule has 0 radical (unpaired) electrons. The Labute approximate surface area is 225 Å². The molecule has 0 saturated carbocycles. The van der Waals surface area contributed by atoms with Gasteiger partial charge in [-0.1, -0.05) is 5.92 Å². The molecule has 13 heteroatoms. The molecule has 2 aromatic carbocycles. The zero-order chi connectivity index (χ0) is 28.2. The van der Waals surface area contributed by atoms with Gasteiger partial charge < -0.3 is 29.4 Å². The van der Waals surface area contributed by atoms with Crippen molar-refractivity contribution >= 4 is 33.1 Å². The molecule has 6 N–H and O–H groups in total. The van der Waals surface area contributed by atoms with Gasteiger partial charge in [-0.25, -0.2) is 5.14 Å². The molecule has 0 amide bonds. The van der Waals surface area contributed by atoms with Crippen LogP contribution < -0.4 is 25.2 Å². The number of benzene rings is 2. The molecule has 9 nitrogen and oxygen atoms in total. The smallest absolute Gasteiger partial charge is 0.406 e. The van der Waals surface area contributed by atoms with Crippen LogP contribution in [0.2, 0.25) is 0 Å². The molecule has 1 aliphatic heterocycles. The summed E-state index contributed by atoms with van der Waals surface area (Å²) in [6.07, 6.45) is -2.91. The highest BCUT2D eigenvalue weighted by atomic mass is 32.3. The third kappa shape index (κ3) is 7.03. The standard InChI is InChI=1S/C26H31F3N4O5S/c1-36-23-8-7-22-20(25(23)32-17-9-12-38-13-10-17)14-18(33(22)16-26(27,28)29)4-3-11-31-21-6-5-19(39(30,34)35)15-24(21)37-2/h5-8,14-15,17,31-32,34-35H,9-13,16,30H2,1-2H3. The summed E-state index contributed by atoms with van der Waals surface area (Å²) >= 11 is 0. The van der Waals surface area contributed by atoms with Crippen LogP contribution in [-0.2, 0) is 11.3 Å². The van der Waals surface area contributed by atoms with Gasteiger partial charge in [0.05, 0.1) is 48.2 Å². The number of alkyl halides is 3. The minimum absolute atomic E-state index is 0.0820. The van der Waals surface area contributed by atoms with Crippen molar-refractivity contribution in [2.24, 2.45) is 5.14 Å². The van der Waals surface area contributed by atoms with Gasteiger partial charge in [-0.3, -0.25) is 9.11 Å². The highest BCUT2D eigenvalue weighted by molar-refractivity contribution is 8.22. The molecule has 39 heavy (non-hydrogen) atoms. The van der Waals surface area contributed by atoms with E-state index in [0.717, 1.165) is 17.4 Å². The van der Waals surface area contributed by atoms with Gasteiger partial charge in [0.25, 0.3) is 0 Å². The van der Waals surface area contributed by atoms with E-state index in [4.69, 9.17) is 19.3 Å². The van der Waals surface area contributed by atoms with Crippen molar-refractivity contribution in [1.82, 2.24) is 4.57 Å². The zero-order valence-corrected chi connectivity index (χ0v) is 22.3. The van der Waals surface area contributed by atoms with Gasteiger partial charge in [0, 0.05) is 30.7 Å². The Kier molecular flexibility index (Phi) is 8.73. The van der Waals surface area contributed by atoms with Crippen LogP contribution in [0.15, 0.2) is 41.3 Å². The number of nitrogens with two attached hydrogens (primary N) is 1. The Hall–Kier alpha value is -3.28. The lowest BCUT2D eigenvalue weighted by molar-refractivity contribution is -0.140. The minimum atomic E-state index is -4.45. The summed E-state index contributed by atoms with van der Waals surface area (Å²) in [6.45, 7) is 0.101. The van der Waals surface area contributed by atoms with Crippen LogP contribution in [0.1, 0.15) is 18.5 Å². The molecule has 0 unspecified atom stereocenters. The third-order valence-corrected chi connectivity index (χ3v) is 7.23. The Morgan fingerprint density at radius 3 is 2.46 bits per heavy atom. The zero-order valence-electron chi connectivity index (χ0n) is 21.5. The van der Waals surface area contributed by atoms with Gasteiger partial charge in [0.1, 0.15) is 18.0 Å². The first-order valence-corrected chi connectivity index (χ1v) is 13.7. The lowest BCUT2D eigenvalue weighted by Crippen LogP contribution is -2.28. The number of hydrogen-bond acceptors (Lipinski definition) is 8. The maximum atomic E-state index is 13.6. The highest BCUT2D eigenvalue weighted by Crippen LogP contribution is 2.43. The first-order valence-electron chi connectivity index (χ1n) is 12.1. The van der Waals surface area contributed by atoms with E-state index in [1.807, 2.05) is 0 Å². The fourth-order valence-corrected chi connectivity index (χ4v) is 4.96. The van der Waals surface area contributed by atoms with Gasteiger partial charge in [0.15, 0.2) is 0 Å². The normalized spacial score (nSPS) is 15.0. The summed E-state index contributed by atoms with van der Waals surface area (Å²) in [5.41, 5.74) is 1.71. The molecule has 1 fully saturated rings. The van der Waals surface area contributed by atoms with Crippen LogP contribution in [0.5, 0.6) is 11.5 Å². The summed E-state index contributed by atoms with van der Waals surface area (Å²) in [4.78, 5) is 0.105. The molecule has 1 aromatic heterocycles. The van der Waals surface area contributed by atoms with E-state index >= 15 is 0 Å². The first-order chi connectivity index (χ1) is 18.5. The predicted octanol–water partition coefficient (Wildman–Crippen LogP) is 5.26. The molecule has 0 aliphatic carbocycles. The van der Waals surface area contributed by atoms with Crippen LogP contribution in [0.25, 0.3) is 10.9 Å². The monoisotopic (exact) mass is 568 g/mol. The Morgan fingerprint density at radius 1 is 1.10 bits per heavy atom. The number of anilines is 2. The van der Waals surface area contributed by atoms with Crippen molar-refractivity contribution < 1.29 is 36.5 Å². The molecule has 1 aliphatic rings. The second kappa shape index (κ2) is 11.8. The number of aromatic nitrogens is 1. The number of rotatable bonds is 8.